The van der Waals surface area contributed by atoms with Crippen LogP contribution in [0.25, 0.3) is 0 Å². The number of nitrogens with one attached hydrogen (secondary N) is 1. The molecule has 1 saturated carbocycles. The average molecular weight is 334 g/mol. The van der Waals surface area contributed by atoms with Gasteiger partial charge in [-0.05, 0) is 39.2 Å². The van der Waals surface area contributed by atoms with Crippen molar-refractivity contribution in [1.29, 1.82) is 0 Å². The fourth-order valence-corrected chi connectivity index (χ4v) is 3.71. The van der Waals surface area contributed by atoms with Crippen LogP contribution in [0.1, 0.15) is 36.3 Å². The number of carbonyl (C=O) groups is 1. The van der Waals surface area contributed by atoms with E-state index in [1.165, 1.54) is 11.3 Å². The van der Waals surface area contributed by atoms with Gasteiger partial charge in [0.1, 0.15) is 0 Å². The summed E-state index contributed by atoms with van der Waals surface area (Å²) in [5.41, 5.74) is 6.68. The van der Waals surface area contributed by atoms with E-state index in [4.69, 9.17) is 5.73 Å². The highest BCUT2D eigenvalue weighted by Gasteiger charge is 2.27. The topological polar surface area (TPSA) is 77.1 Å². The molecule has 0 saturated heterocycles. The van der Waals surface area contributed by atoms with Crippen LogP contribution >= 0.6 is 23.7 Å². The number of thiazole rings is 1. The maximum absolute atomic E-state index is 12.0. The Labute approximate surface area is 135 Å². The van der Waals surface area contributed by atoms with E-state index in [1.54, 1.807) is 4.57 Å². The summed E-state index contributed by atoms with van der Waals surface area (Å²) in [6, 6.07) is 0.217. The second-order valence-corrected chi connectivity index (χ2v) is 6.68. The van der Waals surface area contributed by atoms with Crippen LogP contribution in [0.5, 0.6) is 0 Å². The molecule has 0 radical (unpaired) electrons. The molecule has 2 unspecified atom stereocenters. The molecule has 0 aromatic carbocycles. The van der Waals surface area contributed by atoms with Crippen molar-refractivity contribution in [3.05, 3.63) is 20.2 Å². The van der Waals surface area contributed by atoms with Gasteiger partial charge in [-0.1, -0.05) is 17.8 Å². The van der Waals surface area contributed by atoms with E-state index in [9.17, 15) is 9.59 Å². The van der Waals surface area contributed by atoms with Gasteiger partial charge in [0, 0.05) is 29.6 Å². The molecular formula is C14H24ClN3O2S. The lowest BCUT2D eigenvalue weighted by atomic mass is 10.0. The lowest BCUT2D eigenvalue weighted by Gasteiger charge is -2.19. The molecule has 7 heteroatoms. The van der Waals surface area contributed by atoms with Gasteiger partial charge in [0.15, 0.2) is 0 Å². The minimum Gasteiger partial charge on any atom is -0.353 e. The number of aryl methyl sites for hydroxylation is 1. The molecule has 1 aliphatic carbocycles. The maximum Gasteiger partial charge on any atom is 0.307 e. The zero-order valence-electron chi connectivity index (χ0n) is 12.6. The predicted octanol–water partition coefficient (Wildman–Crippen LogP) is 1.58. The smallest absolute Gasteiger partial charge is 0.307 e. The Hall–Kier alpha value is -0.850. The number of nitrogens with zero attached hydrogens (tertiary/aromatic N) is 1. The SMILES string of the molecule is Cc1sc(=O)n(CCC(=O)NC2CCCC2CN)c1C.Cl. The third-order valence-electron chi connectivity index (χ3n) is 4.25. The fraction of sp³-hybridized carbons (Fsp3) is 0.714. The number of hydrogen-bond acceptors (Lipinski definition) is 4. The van der Waals surface area contributed by atoms with Crippen molar-refractivity contribution in [3.63, 3.8) is 0 Å². The molecule has 1 amide bonds. The molecule has 1 aliphatic rings. The summed E-state index contributed by atoms with van der Waals surface area (Å²) in [6.45, 7) is 4.95. The maximum atomic E-state index is 12.0. The summed E-state index contributed by atoms with van der Waals surface area (Å²) >= 11 is 1.24. The zero-order chi connectivity index (χ0) is 14.7. The first kappa shape index (κ1) is 18.2. The van der Waals surface area contributed by atoms with Gasteiger partial charge in [-0.2, -0.15) is 0 Å². The van der Waals surface area contributed by atoms with Gasteiger partial charge in [-0.3, -0.25) is 9.59 Å². The number of halogens is 1. The number of nitrogens with two attached hydrogens (primary N) is 1. The summed E-state index contributed by atoms with van der Waals surface area (Å²) in [5, 5.41) is 3.06. The Morgan fingerprint density at radius 2 is 2.14 bits per heavy atom. The fourth-order valence-electron chi connectivity index (χ4n) is 2.85. The molecule has 120 valence electrons. The van der Waals surface area contributed by atoms with Gasteiger partial charge in [0.05, 0.1) is 0 Å². The third-order valence-corrected chi connectivity index (χ3v) is 5.24. The van der Waals surface area contributed by atoms with E-state index in [0.29, 0.717) is 25.4 Å². The van der Waals surface area contributed by atoms with Crippen molar-refractivity contribution in [2.75, 3.05) is 6.54 Å². The van der Waals surface area contributed by atoms with Crippen LogP contribution in [-0.4, -0.2) is 23.1 Å². The summed E-state index contributed by atoms with van der Waals surface area (Å²) in [4.78, 5) is 24.8. The van der Waals surface area contributed by atoms with Crippen LogP contribution in [-0.2, 0) is 11.3 Å². The zero-order valence-corrected chi connectivity index (χ0v) is 14.2. The normalized spacial score (nSPS) is 21.1. The molecule has 0 aliphatic heterocycles. The van der Waals surface area contributed by atoms with Crippen LogP contribution in [0.4, 0.5) is 0 Å². The van der Waals surface area contributed by atoms with Crippen molar-refractivity contribution in [2.24, 2.45) is 11.7 Å². The quantitative estimate of drug-likeness (QED) is 0.859. The van der Waals surface area contributed by atoms with Crippen molar-refractivity contribution in [1.82, 2.24) is 9.88 Å². The lowest BCUT2D eigenvalue weighted by Crippen LogP contribution is -2.40. The Morgan fingerprint density at radius 3 is 2.71 bits per heavy atom. The Balaban J connectivity index is 0.00000220. The monoisotopic (exact) mass is 333 g/mol. The van der Waals surface area contributed by atoms with Gasteiger partial charge in [-0.25, -0.2) is 0 Å². The summed E-state index contributed by atoms with van der Waals surface area (Å²) in [7, 11) is 0. The summed E-state index contributed by atoms with van der Waals surface area (Å²) in [5.74, 6) is 0.428. The minimum absolute atomic E-state index is 0. The first-order valence-electron chi connectivity index (χ1n) is 7.19. The largest absolute Gasteiger partial charge is 0.353 e. The van der Waals surface area contributed by atoms with Crippen molar-refractivity contribution < 1.29 is 4.79 Å². The van der Waals surface area contributed by atoms with Crippen molar-refractivity contribution in [3.8, 4) is 0 Å². The number of amides is 1. The Morgan fingerprint density at radius 1 is 1.43 bits per heavy atom. The molecule has 2 atom stereocenters. The van der Waals surface area contributed by atoms with Crippen LogP contribution < -0.4 is 15.9 Å². The second kappa shape index (κ2) is 7.96. The Kier molecular flexibility index (Phi) is 6.90. The highest BCUT2D eigenvalue weighted by atomic mass is 35.5. The summed E-state index contributed by atoms with van der Waals surface area (Å²) in [6.07, 6.45) is 3.60. The van der Waals surface area contributed by atoms with E-state index >= 15 is 0 Å². The van der Waals surface area contributed by atoms with Crippen LogP contribution in [0.15, 0.2) is 4.79 Å². The molecule has 0 bridgehead atoms. The second-order valence-electron chi connectivity index (χ2n) is 5.51. The number of hydrogen-bond donors (Lipinski definition) is 2. The molecular weight excluding hydrogens is 310 g/mol. The molecule has 2 rings (SSSR count). The number of carbonyl (C=O) groups excluding carboxylic acids is 1. The molecule has 21 heavy (non-hydrogen) atoms. The minimum atomic E-state index is 0. The van der Waals surface area contributed by atoms with Gasteiger partial charge in [-0.15, -0.1) is 12.4 Å². The summed E-state index contributed by atoms with van der Waals surface area (Å²) < 4.78 is 1.69. The van der Waals surface area contributed by atoms with Gasteiger partial charge >= 0.3 is 4.87 Å². The molecule has 1 aromatic rings. The van der Waals surface area contributed by atoms with E-state index in [1.807, 2.05) is 13.8 Å². The van der Waals surface area contributed by atoms with Gasteiger partial charge in [0.25, 0.3) is 0 Å². The number of aromatic nitrogens is 1. The highest BCUT2D eigenvalue weighted by molar-refractivity contribution is 7.09. The van der Waals surface area contributed by atoms with Gasteiger partial charge < -0.3 is 15.6 Å². The molecule has 1 aromatic heterocycles. The molecule has 5 nitrogen and oxygen atoms in total. The van der Waals surface area contributed by atoms with Gasteiger partial charge in [0.2, 0.25) is 5.91 Å². The van der Waals surface area contributed by atoms with Crippen LogP contribution in [0.2, 0.25) is 0 Å². The van der Waals surface area contributed by atoms with Crippen LogP contribution in [0.3, 0.4) is 0 Å². The first-order valence-corrected chi connectivity index (χ1v) is 8.00. The molecule has 1 heterocycles. The average Bonchev–Trinajstić information content (AvgIpc) is 2.94. The predicted molar refractivity (Wildman–Crippen MR) is 88.2 cm³/mol. The van der Waals surface area contributed by atoms with E-state index in [2.05, 4.69) is 5.32 Å². The molecule has 0 spiro atoms. The lowest BCUT2D eigenvalue weighted by molar-refractivity contribution is -0.122. The standard InChI is InChI=1S/C14H23N3O2S.ClH/c1-9-10(2)20-14(19)17(9)7-6-13(18)16-12-5-3-4-11(12)8-15;/h11-12H,3-8,15H2,1-2H3,(H,16,18);1H. The highest BCUT2D eigenvalue weighted by Crippen LogP contribution is 2.24. The molecule has 1 fully saturated rings. The third kappa shape index (κ3) is 4.31. The van der Waals surface area contributed by atoms with Crippen molar-refractivity contribution in [2.45, 2.75) is 52.1 Å². The Bertz CT molecular complexity index is 541. The van der Waals surface area contributed by atoms with E-state index in [-0.39, 0.29) is 29.2 Å². The first-order chi connectivity index (χ1) is 9.52. The van der Waals surface area contributed by atoms with E-state index < -0.39 is 0 Å². The number of rotatable bonds is 5. The van der Waals surface area contributed by atoms with E-state index in [0.717, 1.165) is 29.8 Å². The van der Waals surface area contributed by atoms with Crippen LogP contribution in [0, 0.1) is 19.8 Å². The molecule has 3 N–H and O–H groups in total. The van der Waals surface area contributed by atoms with Crippen molar-refractivity contribution >= 4 is 29.7 Å².